The summed E-state index contributed by atoms with van der Waals surface area (Å²) in [4.78, 5) is 12.7. The number of aromatic nitrogens is 4. The summed E-state index contributed by atoms with van der Waals surface area (Å²) in [6.45, 7) is 3.81. The molecule has 1 fully saturated rings. The Hall–Kier alpha value is -1.82. The van der Waals surface area contributed by atoms with Crippen LogP contribution in [0, 0.1) is 6.92 Å². The van der Waals surface area contributed by atoms with Crippen LogP contribution in [0.4, 0.5) is 0 Å². The van der Waals surface area contributed by atoms with Crippen molar-refractivity contribution < 1.29 is 4.52 Å². The van der Waals surface area contributed by atoms with Gasteiger partial charge in [0, 0.05) is 25.6 Å². The summed E-state index contributed by atoms with van der Waals surface area (Å²) in [5, 5.41) is 7.35. The second-order valence-corrected chi connectivity index (χ2v) is 4.50. The standard InChI is InChI=1S/C12H15N5O/c1-8-16-12(17-18-8)10-6-14-7-15-11(10)9-3-2-4-13-5-9/h6-7,9,13H,2-5H2,1H3/t9-/m1/s1. The molecule has 0 spiro atoms. The molecule has 2 aromatic rings. The number of hydrogen-bond acceptors (Lipinski definition) is 6. The number of aryl methyl sites for hydroxylation is 1. The molecule has 1 atom stereocenters. The van der Waals surface area contributed by atoms with Gasteiger partial charge in [-0.2, -0.15) is 4.98 Å². The molecule has 6 nitrogen and oxygen atoms in total. The van der Waals surface area contributed by atoms with Crippen LogP contribution < -0.4 is 5.32 Å². The van der Waals surface area contributed by atoms with Gasteiger partial charge in [-0.05, 0) is 19.4 Å². The lowest BCUT2D eigenvalue weighted by Crippen LogP contribution is -2.29. The summed E-state index contributed by atoms with van der Waals surface area (Å²) in [5.41, 5.74) is 1.89. The highest BCUT2D eigenvalue weighted by atomic mass is 16.5. The monoisotopic (exact) mass is 245 g/mol. The zero-order chi connectivity index (χ0) is 12.4. The van der Waals surface area contributed by atoms with E-state index in [1.54, 1.807) is 19.4 Å². The second kappa shape index (κ2) is 4.81. The van der Waals surface area contributed by atoms with Crippen molar-refractivity contribution in [2.24, 2.45) is 0 Å². The molecular formula is C12H15N5O. The van der Waals surface area contributed by atoms with Crippen molar-refractivity contribution in [2.45, 2.75) is 25.7 Å². The fourth-order valence-electron chi connectivity index (χ4n) is 2.33. The number of rotatable bonds is 2. The lowest BCUT2D eigenvalue weighted by atomic mass is 9.93. The summed E-state index contributed by atoms with van der Waals surface area (Å²) in [5.74, 6) is 1.53. The third kappa shape index (κ3) is 2.11. The van der Waals surface area contributed by atoms with Crippen molar-refractivity contribution in [3.05, 3.63) is 24.1 Å². The van der Waals surface area contributed by atoms with Crippen molar-refractivity contribution in [3.63, 3.8) is 0 Å². The molecule has 94 valence electrons. The molecule has 18 heavy (non-hydrogen) atoms. The van der Waals surface area contributed by atoms with Crippen molar-refractivity contribution >= 4 is 0 Å². The molecule has 0 unspecified atom stereocenters. The topological polar surface area (TPSA) is 76.7 Å². The highest BCUT2D eigenvalue weighted by molar-refractivity contribution is 5.57. The molecule has 0 aliphatic carbocycles. The SMILES string of the molecule is Cc1nc(-c2cncnc2[C@@H]2CCCNC2)no1. The first kappa shape index (κ1) is 11.3. The van der Waals surface area contributed by atoms with Crippen LogP contribution in [0.3, 0.4) is 0 Å². The van der Waals surface area contributed by atoms with Crippen LogP contribution in [0.5, 0.6) is 0 Å². The van der Waals surface area contributed by atoms with Gasteiger partial charge in [0.25, 0.3) is 0 Å². The van der Waals surface area contributed by atoms with Crippen LogP contribution in [0.2, 0.25) is 0 Å². The minimum atomic E-state index is 0.399. The maximum absolute atomic E-state index is 5.03. The Labute approximate surface area is 105 Å². The molecule has 3 heterocycles. The van der Waals surface area contributed by atoms with E-state index in [-0.39, 0.29) is 0 Å². The first-order valence-corrected chi connectivity index (χ1v) is 6.16. The van der Waals surface area contributed by atoms with Gasteiger partial charge in [0.05, 0.1) is 11.3 Å². The predicted molar refractivity (Wildman–Crippen MR) is 64.9 cm³/mol. The quantitative estimate of drug-likeness (QED) is 0.859. The second-order valence-electron chi connectivity index (χ2n) is 4.50. The molecule has 1 aliphatic rings. The Bertz CT molecular complexity index is 533. The lowest BCUT2D eigenvalue weighted by Gasteiger charge is -2.23. The number of nitrogens with one attached hydrogen (secondary N) is 1. The van der Waals surface area contributed by atoms with Crippen LogP contribution in [-0.2, 0) is 0 Å². The van der Waals surface area contributed by atoms with Crippen molar-refractivity contribution in [1.82, 2.24) is 25.4 Å². The molecule has 0 amide bonds. The number of nitrogens with zero attached hydrogens (tertiary/aromatic N) is 4. The van der Waals surface area contributed by atoms with Gasteiger partial charge in [-0.25, -0.2) is 9.97 Å². The van der Waals surface area contributed by atoms with Crippen LogP contribution in [-0.4, -0.2) is 33.2 Å². The van der Waals surface area contributed by atoms with E-state index in [0.717, 1.165) is 30.8 Å². The normalized spacial score (nSPS) is 19.9. The minimum absolute atomic E-state index is 0.399. The van der Waals surface area contributed by atoms with Gasteiger partial charge < -0.3 is 9.84 Å². The summed E-state index contributed by atoms with van der Waals surface area (Å²) in [6, 6.07) is 0. The average Bonchev–Trinajstić information content (AvgIpc) is 2.86. The van der Waals surface area contributed by atoms with E-state index in [4.69, 9.17) is 4.52 Å². The molecule has 0 aromatic carbocycles. The van der Waals surface area contributed by atoms with E-state index >= 15 is 0 Å². The number of piperidine rings is 1. The highest BCUT2D eigenvalue weighted by Gasteiger charge is 2.22. The molecule has 6 heteroatoms. The van der Waals surface area contributed by atoms with Gasteiger partial charge in [-0.1, -0.05) is 5.16 Å². The van der Waals surface area contributed by atoms with Gasteiger partial charge in [-0.15, -0.1) is 0 Å². The third-order valence-electron chi connectivity index (χ3n) is 3.20. The Morgan fingerprint density at radius 3 is 3.11 bits per heavy atom. The fraction of sp³-hybridized carbons (Fsp3) is 0.500. The van der Waals surface area contributed by atoms with Crippen molar-refractivity contribution in [2.75, 3.05) is 13.1 Å². The van der Waals surface area contributed by atoms with Gasteiger partial charge in [0.15, 0.2) is 0 Å². The van der Waals surface area contributed by atoms with Crippen LogP contribution >= 0.6 is 0 Å². The van der Waals surface area contributed by atoms with Crippen LogP contribution in [0.25, 0.3) is 11.4 Å². The van der Waals surface area contributed by atoms with E-state index in [2.05, 4.69) is 25.4 Å². The van der Waals surface area contributed by atoms with E-state index in [0.29, 0.717) is 17.6 Å². The Morgan fingerprint density at radius 1 is 1.44 bits per heavy atom. The maximum Gasteiger partial charge on any atom is 0.223 e. The fourth-order valence-corrected chi connectivity index (χ4v) is 2.33. The summed E-state index contributed by atoms with van der Waals surface area (Å²) in [7, 11) is 0. The Morgan fingerprint density at radius 2 is 2.39 bits per heavy atom. The summed E-state index contributed by atoms with van der Waals surface area (Å²) >= 11 is 0. The highest BCUT2D eigenvalue weighted by Crippen LogP contribution is 2.28. The summed E-state index contributed by atoms with van der Waals surface area (Å²) in [6.07, 6.45) is 5.65. The Kier molecular flexibility index (Phi) is 3.02. The van der Waals surface area contributed by atoms with Crippen LogP contribution in [0.1, 0.15) is 30.3 Å². The molecule has 0 radical (unpaired) electrons. The molecule has 0 bridgehead atoms. The lowest BCUT2D eigenvalue weighted by molar-refractivity contribution is 0.394. The predicted octanol–water partition coefficient (Wildman–Crippen LogP) is 1.30. The van der Waals surface area contributed by atoms with Crippen molar-refractivity contribution in [1.29, 1.82) is 0 Å². The smallest absolute Gasteiger partial charge is 0.223 e. The third-order valence-corrected chi connectivity index (χ3v) is 3.20. The van der Waals surface area contributed by atoms with Crippen LogP contribution in [0.15, 0.2) is 17.0 Å². The van der Waals surface area contributed by atoms with E-state index < -0.39 is 0 Å². The molecule has 1 saturated heterocycles. The van der Waals surface area contributed by atoms with E-state index in [1.165, 1.54) is 6.42 Å². The summed E-state index contributed by atoms with van der Waals surface area (Å²) < 4.78 is 5.03. The molecule has 0 saturated carbocycles. The first-order valence-electron chi connectivity index (χ1n) is 6.16. The van der Waals surface area contributed by atoms with E-state index in [1.807, 2.05) is 0 Å². The molecule has 3 rings (SSSR count). The van der Waals surface area contributed by atoms with Gasteiger partial charge in [-0.3, -0.25) is 0 Å². The average molecular weight is 245 g/mol. The molecule has 2 aromatic heterocycles. The van der Waals surface area contributed by atoms with Gasteiger partial charge >= 0.3 is 0 Å². The largest absolute Gasteiger partial charge is 0.339 e. The minimum Gasteiger partial charge on any atom is -0.339 e. The Balaban J connectivity index is 1.99. The molecule has 1 N–H and O–H groups in total. The van der Waals surface area contributed by atoms with E-state index in [9.17, 15) is 0 Å². The van der Waals surface area contributed by atoms with Gasteiger partial charge in [0.2, 0.25) is 11.7 Å². The zero-order valence-electron chi connectivity index (χ0n) is 10.3. The first-order chi connectivity index (χ1) is 8.84. The van der Waals surface area contributed by atoms with Gasteiger partial charge in [0.1, 0.15) is 6.33 Å². The molecular weight excluding hydrogens is 230 g/mol. The maximum atomic E-state index is 5.03. The zero-order valence-corrected chi connectivity index (χ0v) is 10.3. The molecule has 1 aliphatic heterocycles. The van der Waals surface area contributed by atoms with Crippen molar-refractivity contribution in [3.8, 4) is 11.4 Å². The number of hydrogen-bond donors (Lipinski definition) is 1.